The summed E-state index contributed by atoms with van der Waals surface area (Å²) in [7, 11) is 0. The third kappa shape index (κ3) is 4.44. The van der Waals surface area contributed by atoms with Crippen molar-refractivity contribution in [2.24, 2.45) is 0 Å². The summed E-state index contributed by atoms with van der Waals surface area (Å²) in [5.74, 6) is 0.102. The number of aliphatic hydroxyl groups is 1. The van der Waals surface area contributed by atoms with Crippen molar-refractivity contribution in [2.45, 2.75) is 32.7 Å². The molecule has 2 aromatic carbocycles. The fraction of sp³-hybridized carbons (Fsp3) is 0.250. The average Bonchev–Trinajstić information content (AvgIpc) is 2.79. The zero-order valence-electron chi connectivity index (χ0n) is 16.7. The van der Waals surface area contributed by atoms with Gasteiger partial charge < -0.3 is 19.3 Å². The number of carbonyl (C=O) groups is 1. The van der Waals surface area contributed by atoms with E-state index in [1.165, 1.54) is 17.8 Å². The smallest absolute Gasteiger partial charge is 0.242 e. The number of pyridine rings is 1. The van der Waals surface area contributed by atoms with Gasteiger partial charge in [-0.3, -0.25) is 9.59 Å². The molecule has 6 heteroatoms. The Bertz CT molecular complexity index is 1090. The van der Waals surface area contributed by atoms with Crippen LogP contribution in [-0.2, 0) is 37.5 Å². The first-order valence-corrected chi connectivity index (χ1v) is 9.99. The van der Waals surface area contributed by atoms with Gasteiger partial charge in [0.1, 0.15) is 13.2 Å². The van der Waals surface area contributed by atoms with E-state index in [0.29, 0.717) is 18.8 Å². The van der Waals surface area contributed by atoms with E-state index in [1.54, 1.807) is 4.57 Å². The lowest BCUT2D eigenvalue weighted by Crippen LogP contribution is -2.38. The predicted octanol–water partition coefficient (Wildman–Crippen LogP) is 2.50. The van der Waals surface area contributed by atoms with E-state index in [1.807, 2.05) is 53.4 Å². The molecule has 0 fully saturated rings. The highest BCUT2D eigenvalue weighted by Crippen LogP contribution is 2.19. The van der Waals surface area contributed by atoms with E-state index in [4.69, 9.17) is 4.74 Å². The minimum atomic E-state index is -0.329. The van der Waals surface area contributed by atoms with Crippen LogP contribution in [0, 0.1) is 0 Å². The second-order valence-electron chi connectivity index (χ2n) is 7.39. The van der Waals surface area contributed by atoms with Gasteiger partial charge in [-0.2, -0.15) is 0 Å². The second kappa shape index (κ2) is 8.97. The molecule has 2 heterocycles. The molecule has 1 aliphatic heterocycles. The summed E-state index contributed by atoms with van der Waals surface area (Å²) in [6.07, 6.45) is 2.34. The van der Waals surface area contributed by atoms with Crippen molar-refractivity contribution in [2.75, 3.05) is 6.54 Å². The Morgan fingerprint density at radius 2 is 1.77 bits per heavy atom. The quantitative estimate of drug-likeness (QED) is 0.685. The van der Waals surface area contributed by atoms with Crippen molar-refractivity contribution in [3.05, 3.63) is 99.5 Å². The minimum absolute atomic E-state index is 0.0417. The van der Waals surface area contributed by atoms with Crippen LogP contribution in [0.15, 0.2) is 71.7 Å². The summed E-state index contributed by atoms with van der Waals surface area (Å²) in [6.45, 7) is 1.19. The highest BCUT2D eigenvalue weighted by Gasteiger charge is 2.21. The number of aliphatic hydroxyl groups excluding tert-OH is 1. The number of hydrogen-bond acceptors (Lipinski definition) is 4. The molecular formula is C24H24N2O4. The number of amides is 1. The predicted molar refractivity (Wildman–Crippen MR) is 113 cm³/mol. The zero-order valence-corrected chi connectivity index (χ0v) is 16.7. The van der Waals surface area contributed by atoms with Crippen molar-refractivity contribution in [3.8, 4) is 5.75 Å². The van der Waals surface area contributed by atoms with Gasteiger partial charge in [0.2, 0.25) is 11.3 Å². The first-order valence-electron chi connectivity index (χ1n) is 9.99. The van der Waals surface area contributed by atoms with Gasteiger partial charge in [-0.05, 0) is 23.1 Å². The Morgan fingerprint density at radius 1 is 1.03 bits per heavy atom. The zero-order chi connectivity index (χ0) is 20.9. The maximum atomic E-state index is 12.9. The van der Waals surface area contributed by atoms with Crippen LogP contribution < -0.4 is 10.2 Å². The maximum Gasteiger partial charge on any atom is 0.242 e. The Morgan fingerprint density at radius 3 is 2.53 bits per heavy atom. The molecular weight excluding hydrogens is 380 g/mol. The lowest BCUT2D eigenvalue weighted by Gasteiger charge is -2.29. The molecule has 1 N–H and O–H groups in total. The van der Waals surface area contributed by atoms with Gasteiger partial charge in [-0.1, -0.05) is 54.6 Å². The summed E-state index contributed by atoms with van der Waals surface area (Å²) in [5, 5.41) is 9.67. The highest BCUT2D eigenvalue weighted by atomic mass is 16.5. The molecule has 154 valence electrons. The molecule has 4 rings (SSSR count). The van der Waals surface area contributed by atoms with Crippen molar-refractivity contribution >= 4 is 5.91 Å². The van der Waals surface area contributed by atoms with Gasteiger partial charge in [0, 0.05) is 24.8 Å². The summed E-state index contributed by atoms with van der Waals surface area (Å²) in [4.78, 5) is 27.1. The van der Waals surface area contributed by atoms with E-state index in [-0.39, 0.29) is 36.8 Å². The number of ether oxygens (including phenoxy) is 1. The van der Waals surface area contributed by atoms with Crippen LogP contribution in [0.3, 0.4) is 0 Å². The van der Waals surface area contributed by atoms with Crippen LogP contribution in [0.25, 0.3) is 0 Å². The molecule has 0 radical (unpaired) electrons. The first kappa shape index (κ1) is 19.9. The molecule has 0 saturated carbocycles. The summed E-state index contributed by atoms with van der Waals surface area (Å²) >= 11 is 0. The topological polar surface area (TPSA) is 71.8 Å². The largest absolute Gasteiger partial charge is 0.483 e. The first-order chi connectivity index (χ1) is 14.6. The van der Waals surface area contributed by atoms with Crippen LogP contribution >= 0.6 is 0 Å². The Kier molecular flexibility index (Phi) is 5.95. The molecule has 3 aromatic rings. The van der Waals surface area contributed by atoms with Crippen molar-refractivity contribution in [3.63, 3.8) is 0 Å². The van der Waals surface area contributed by atoms with Crippen LogP contribution in [0.5, 0.6) is 5.75 Å². The Labute approximate surface area is 175 Å². The van der Waals surface area contributed by atoms with Crippen LogP contribution in [0.1, 0.15) is 22.4 Å². The molecule has 0 aliphatic carbocycles. The summed E-state index contributed by atoms with van der Waals surface area (Å²) < 4.78 is 7.30. The minimum Gasteiger partial charge on any atom is -0.483 e. The van der Waals surface area contributed by atoms with E-state index < -0.39 is 0 Å². The van der Waals surface area contributed by atoms with Crippen molar-refractivity contribution < 1.29 is 14.6 Å². The summed E-state index contributed by atoms with van der Waals surface area (Å²) in [6, 6.07) is 19.0. The number of aromatic nitrogens is 1. The number of rotatable bonds is 6. The third-order valence-corrected chi connectivity index (χ3v) is 5.37. The van der Waals surface area contributed by atoms with Gasteiger partial charge in [-0.25, -0.2) is 0 Å². The van der Waals surface area contributed by atoms with Crippen LogP contribution in [-0.4, -0.2) is 27.0 Å². The average molecular weight is 404 g/mol. The van der Waals surface area contributed by atoms with Gasteiger partial charge in [0.15, 0.2) is 5.75 Å². The molecule has 0 atom stereocenters. The van der Waals surface area contributed by atoms with Crippen LogP contribution in [0.4, 0.5) is 0 Å². The SMILES string of the molecule is O=C(Cn1cc(OCc2ccccc2)c(=O)cc1CO)N1CCc2ccccc2C1. The fourth-order valence-electron chi connectivity index (χ4n) is 3.68. The Hall–Kier alpha value is -3.38. The maximum absolute atomic E-state index is 12.9. The molecule has 1 aliphatic rings. The third-order valence-electron chi connectivity index (χ3n) is 5.37. The molecule has 0 saturated heterocycles. The number of hydrogen-bond donors (Lipinski definition) is 1. The van der Waals surface area contributed by atoms with Crippen molar-refractivity contribution in [1.29, 1.82) is 0 Å². The van der Waals surface area contributed by atoms with E-state index >= 15 is 0 Å². The number of fused-ring (bicyclic) bond motifs is 1. The monoisotopic (exact) mass is 404 g/mol. The number of nitrogens with zero attached hydrogens (tertiary/aromatic N) is 2. The normalized spacial score (nSPS) is 13.0. The lowest BCUT2D eigenvalue weighted by atomic mass is 10.00. The van der Waals surface area contributed by atoms with Gasteiger partial charge in [-0.15, -0.1) is 0 Å². The number of carbonyl (C=O) groups excluding carboxylic acids is 1. The van der Waals surface area contributed by atoms with Crippen LogP contribution in [0.2, 0.25) is 0 Å². The summed E-state index contributed by atoms with van der Waals surface area (Å²) in [5.41, 5.74) is 3.45. The van der Waals surface area contributed by atoms with Gasteiger partial charge in [0.05, 0.1) is 12.8 Å². The fourth-order valence-corrected chi connectivity index (χ4v) is 3.68. The lowest BCUT2D eigenvalue weighted by molar-refractivity contribution is -0.132. The van der Waals surface area contributed by atoms with E-state index in [9.17, 15) is 14.7 Å². The van der Waals surface area contributed by atoms with Gasteiger partial charge >= 0.3 is 0 Å². The molecule has 1 amide bonds. The molecule has 0 unspecified atom stereocenters. The number of benzene rings is 2. The van der Waals surface area contributed by atoms with E-state index in [2.05, 4.69) is 6.07 Å². The molecule has 30 heavy (non-hydrogen) atoms. The van der Waals surface area contributed by atoms with Crippen molar-refractivity contribution in [1.82, 2.24) is 9.47 Å². The standard InChI is InChI=1S/C24H24N2O4/c27-16-21-12-22(28)23(30-17-18-6-2-1-3-7-18)14-26(21)15-24(29)25-11-10-19-8-4-5-9-20(19)13-25/h1-9,12,14,27H,10-11,13,15-17H2. The second-order valence-corrected chi connectivity index (χ2v) is 7.39. The molecule has 0 bridgehead atoms. The molecule has 0 spiro atoms. The molecule has 1 aromatic heterocycles. The Balaban J connectivity index is 1.50. The molecule has 6 nitrogen and oxygen atoms in total. The van der Waals surface area contributed by atoms with E-state index in [0.717, 1.165) is 17.5 Å². The van der Waals surface area contributed by atoms with Gasteiger partial charge in [0.25, 0.3) is 0 Å². The highest BCUT2D eigenvalue weighted by molar-refractivity contribution is 5.76.